The van der Waals surface area contributed by atoms with Gasteiger partial charge in [-0.05, 0) is 69.8 Å². The second-order valence-electron chi connectivity index (χ2n) is 10.6. The molecule has 0 bridgehead atoms. The first-order chi connectivity index (χ1) is 19.4. The van der Waals surface area contributed by atoms with Crippen molar-refractivity contribution < 1.29 is 0 Å². The average molecular weight is 497 g/mol. The van der Waals surface area contributed by atoms with Gasteiger partial charge >= 0.3 is 0 Å². The van der Waals surface area contributed by atoms with Gasteiger partial charge in [-0.2, -0.15) is 0 Å². The third kappa shape index (κ3) is 2.56. The Balaban J connectivity index is 1.48. The minimum atomic E-state index is -0.416. The summed E-state index contributed by atoms with van der Waals surface area (Å²) < 4.78 is 2.50. The van der Waals surface area contributed by atoms with Crippen LogP contribution < -0.4 is 5.32 Å². The molecule has 1 spiro atoms. The number of rotatable bonds is 2. The number of hydrogen-bond acceptors (Lipinski definition) is 1. The molecule has 1 N–H and O–H groups in total. The molecular formula is C37H24N2. The molecule has 0 saturated heterocycles. The van der Waals surface area contributed by atoms with Crippen LogP contribution in [0.25, 0.3) is 38.6 Å². The number of hydrogen-bond donors (Lipinski definition) is 1. The Kier molecular flexibility index (Phi) is 4.02. The minimum Gasteiger partial charge on any atom is -0.356 e. The van der Waals surface area contributed by atoms with Crippen molar-refractivity contribution in [1.29, 1.82) is 0 Å². The SMILES string of the molecule is c1ccc(Nc2ccc3c(c2)C2(c4ccccc4-c4ccccc42)c2cccc4c5ccccc5n-3c24)cc1. The third-order valence-electron chi connectivity index (χ3n) is 8.76. The highest BCUT2D eigenvalue weighted by atomic mass is 15.0. The molecule has 0 amide bonds. The predicted molar refractivity (Wildman–Crippen MR) is 161 cm³/mol. The van der Waals surface area contributed by atoms with Crippen molar-refractivity contribution in [2.45, 2.75) is 5.41 Å². The van der Waals surface area contributed by atoms with Crippen LogP contribution in [0.3, 0.4) is 0 Å². The fourth-order valence-corrected chi connectivity index (χ4v) is 7.33. The number of nitrogens with one attached hydrogen (secondary N) is 1. The molecule has 1 aliphatic carbocycles. The maximum Gasteiger partial charge on any atom is 0.0755 e. The third-order valence-corrected chi connectivity index (χ3v) is 8.76. The van der Waals surface area contributed by atoms with Crippen LogP contribution in [0.4, 0.5) is 11.4 Å². The van der Waals surface area contributed by atoms with Crippen molar-refractivity contribution in [3.05, 3.63) is 162 Å². The van der Waals surface area contributed by atoms with Gasteiger partial charge in [0, 0.05) is 22.1 Å². The molecule has 0 fully saturated rings. The normalized spacial score (nSPS) is 13.8. The molecule has 0 atom stereocenters. The van der Waals surface area contributed by atoms with Gasteiger partial charge in [-0.15, -0.1) is 0 Å². The lowest BCUT2D eigenvalue weighted by molar-refractivity contribution is 0.749. The largest absolute Gasteiger partial charge is 0.356 e. The molecule has 7 aromatic rings. The van der Waals surface area contributed by atoms with Crippen LogP contribution in [-0.4, -0.2) is 4.57 Å². The summed E-state index contributed by atoms with van der Waals surface area (Å²) in [7, 11) is 0. The Morgan fingerprint density at radius 1 is 0.462 bits per heavy atom. The van der Waals surface area contributed by atoms with E-state index in [0.717, 1.165) is 11.4 Å². The second-order valence-corrected chi connectivity index (χ2v) is 10.6. The zero-order valence-electron chi connectivity index (χ0n) is 21.2. The first kappa shape index (κ1) is 20.9. The van der Waals surface area contributed by atoms with Gasteiger partial charge in [0.15, 0.2) is 0 Å². The Hall–Kier alpha value is -5.08. The lowest BCUT2D eigenvalue weighted by Gasteiger charge is -2.39. The first-order valence-corrected chi connectivity index (χ1v) is 13.5. The van der Waals surface area contributed by atoms with Crippen LogP contribution in [0.1, 0.15) is 22.3 Å². The van der Waals surface area contributed by atoms with Crippen LogP contribution in [0.5, 0.6) is 0 Å². The van der Waals surface area contributed by atoms with E-state index in [9.17, 15) is 0 Å². The van der Waals surface area contributed by atoms with E-state index < -0.39 is 5.41 Å². The quantitative estimate of drug-likeness (QED) is 0.252. The molecule has 2 aliphatic rings. The Bertz CT molecular complexity index is 2050. The molecule has 182 valence electrons. The molecule has 0 unspecified atom stereocenters. The van der Waals surface area contributed by atoms with Crippen LogP contribution in [0.15, 0.2) is 140 Å². The highest BCUT2D eigenvalue weighted by Gasteiger charge is 2.50. The minimum absolute atomic E-state index is 0.416. The topological polar surface area (TPSA) is 17.0 Å². The Morgan fingerprint density at radius 2 is 1.10 bits per heavy atom. The lowest BCUT2D eigenvalue weighted by Crippen LogP contribution is -2.33. The zero-order valence-corrected chi connectivity index (χ0v) is 21.2. The van der Waals surface area contributed by atoms with Gasteiger partial charge in [0.25, 0.3) is 0 Å². The number of benzene rings is 6. The summed E-state index contributed by atoms with van der Waals surface area (Å²) in [5, 5.41) is 6.28. The molecule has 39 heavy (non-hydrogen) atoms. The Labute approximate surface area is 226 Å². The molecule has 2 nitrogen and oxygen atoms in total. The number of anilines is 2. The highest BCUT2D eigenvalue weighted by molar-refractivity contribution is 6.12. The second kappa shape index (κ2) is 7.49. The molecule has 9 rings (SSSR count). The van der Waals surface area contributed by atoms with E-state index in [1.165, 1.54) is 60.9 Å². The summed E-state index contributed by atoms with van der Waals surface area (Å²) in [6.45, 7) is 0. The van der Waals surface area contributed by atoms with Crippen molar-refractivity contribution in [3.8, 4) is 16.8 Å². The van der Waals surface area contributed by atoms with Crippen molar-refractivity contribution >= 4 is 33.2 Å². The zero-order chi connectivity index (χ0) is 25.6. The lowest BCUT2D eigenvalue weighted by atomic mass is 9.65. The van der Waals surface area contributed by atoms with Crippen LogP contribution in [-0.2, 0) is 5.41 Å². The predicted octanol–water partition coefficient (Wildman–Crippen LogP) is 9.20. The average Bonchev–Trinajstić information content (AvgIpc) is 3.49. The van der Waals surface area contributed by atoms with Gasteiger partial charge in [-0.1, -0.05) is 103 Å². The van der Waals surface area contributed by atoms with E-state index in [0.29, 0.717) is 0 Å². The molecular weight excluding hydrogens is 472 g/mol. The van der Waals surface area contributed by atoms with E-state index in [4.69, 9.17) is 0 Å². The van der Waals surface area contributed by atoms with Crippen LogP contribution in [0, 0.1) is 0 Å². The van der Waals surface area contributed by atoms with Crippen molar-refractivity contribution in [2.75, 3.05) is 5.32 Å². The number of aromatic nitrogens is 1. The van der Waals surface area contributed by atoms with Crippen LogP contribution >= 0.6 is 0 Å². The molecule has 1 aliphatic heterocycles. The van der Waals surface area contributed by atoms with E-state index >= 15 is 0 Å². The van der Waals surface area contributed by atoms with Crippen molar-refractivity contribution in [1.82, 2.24) is 4.57 Å². The summed E-state index contributed by atoms with van der Waals surface area (Å²) in [5.74, 6) is 0. The molecule has 6 aromatic carbocycles. The summed E-state index contributed by atoms with van der Waals surface area (Å²) in [6.07, 6.45) is 0. The van der Waals surface area contributed by atoms with Gasteiger partial charge in [-0.3, -0.25) is 0 Å². The molecule has 0 saturated carbocycles. The molecule has 1 aromatic heterocycles. The fraction of sp³-hybridized carbons (Fsp3) is 0.0270. The molecule has 2 heteroatoms. The van der Waals surface area contributed by atoms with E-state index in [2.05, 4.69) is 149 Å². The van der Waals surface area contributed by atoms with E-state index in [1.807, 2.05) is 0 Å². The molecule has 2 heterocycles. The summed E-state index contributed by atoms with van der Waals surface area (Å²) in [4.78, 5) is 0. The van der Waals surface area contributed by atoms with Crippen LogP contribution in [0.2, 0.25) is 0 Å². The van der Waals surface area contributed by atoms with Gasteiger partial charge < -0.3 is 9.88 Å². The van der Waals surface area contributed by atoms with Crippen molar-refractivity contribution in [2.24, 2.45) is 0 Å². The number of nitrogens with zero attached hydrogens (tertiary/aromatic N) is 1. The fourth-order valence-electron chi connectivity index (χ4n) is 7.33. The van der Waals surface area contributed by atoms with E-state index in [1.54, 1.807) is 0 Å². The standard InChI is InChI=1S/C37H24N2/c1-2-11-24(12-3-1)38-25-21-22-35-33(23-25)37(30-17-7-4-13-26(30)27-14-5-8-18-31(27)37)32-19-10-16-29-28-15-6-9-20-34(28)39(35)36(29)32/h1-23,38H. The first-order valence-electron chi connectivity index (χ1n) is 13.5. The smallest absolute Gasteiger partial charge is 0.0755 e. The summed E-state index contributed by atoms with van der Waals surface area (Å²) >= 11 is 0. The number of fused-ring (bicyclic) bond motifs is 12. The van der Waals surface area contributed by atoms with Gasteiger partial charge in [0.05, 0.1) is 22.1 Å². The molecule has 0 radical (unpaired) electrons. The summed E-state index contributed by atoms with van der Waals surface area (Å²) in [5.41, 5.74) is 13.6. The van der Waals surface area contributed by atoms with E-state index in [-0.39, 0.29) is 0 Å². The van der Waals surface area contributed by atoms with Gasteiger partial charge in [0.2, 0.25) is 0 Å². The maximum atomic E-state index is 3.68. The number of para-hydroxylation sites is 3. The monoisotopic (exact) mass is 496 g/mol. The summed E-state index contributed by atoms with van der Waals surface area (Å²) in [6, 6.07) is 51.1. The van der Waals surface area contributed by atoms with Gasteiger partial charge in [-0.25, -0.2) is 0 Å². The van der Waals surface area contributed by atoms with Crippen molar-refractivity contribution in [3.63, 3.8) is 0 Å². The maximum absolute atomic E-state index is 3.68. The Morgan fingerprint density at radius 3 is 1.90 bits per heavy atom. The van der Waals surface area contributed by atoms with Gasteiger partial charge in [0.1, 0.15) is 0 Å². The highest BCUT2D eigenvalue weighted by Crippen LogP contribution is 2.61.